The molecule has 1 saturated heterocycles. The quantitative estimate of drug-likeness (QED) is 0.838. The van der Waals surface area contributed by atoms with Crippen LogP contribution in [-0.2, 0) is 9.53 Å². The fraction of sp³-hybridized carbons (Fsp3) is 0.500. The lowest BCUT2D eigenvalue weighted by molar-refractivity contribution is -0.135. The molecule has 118 valence electrons. The summed E-state index contributed by atoms with van der Waals surface area (Å²) in [4.78, 5) is 12.6. The molecule has 2 aliphatic rings. The molecule has 0 bridgehead atoms. The maximum Gasteiger partial charge on any atom is 0.226 e. The second-order valence-electron chi connectivity index (χ2n) is 6.13. The van der Waals surface area contributed by atoms with E-state index in [2.05, 4.69) is 5.32 Å². The number of benzene rings is 1. The lowest BCUT2D eigenvalue weighted by Crippen LogP contribution is -2.41. The number of carbonyl (C=O) groups excluding carboxylic acids is 1. The van der Waals surface area contributed by atoms with Crippen molar-refractivity contribution in [1.82, 2.24) is 5.32 Å². The van der Waals surface area contributed by atoms with Gasteiger partial charge >= 0.3 is 0 Å². The van der Waals surface area contributed by atoms with Gasteiger partial charge in [0.1, 0.15) is 0 Å². The Morgan fingerprint density at radius 3 is 2.82 bits per heavy atom. The number of amides is 1. The summed E-state index contributed by atoms with van der Waals surface area (Å²) in [5, 5.41) is 12.3. The van der Waals surface area contributed by atoms with Gasteiger partial charge in [-0.2, -0.15) is 0 Å². The summed E-state index contributed by atoms with van der Waals surface area (Å²) in [5.41, 5.74) is 1.07. The molecule has 1 fully saturated rings. The van der Waals surface area contributed by atoms with Gasteiger partial charge in [0.2, 0.25) is 5.91 Å². The van der Waals surface area contributed by atoms with Crippen molar-refractivity contribution in [3.8, 4) is 0 Å². The van der Waals surface area contributed by atoms with Crippen LogP contribution in [0.25, 0.3) is 0 Å². The highest BCUT2D eigenvalue weighted by molar-refractivity contribution is 5.80. The third kappa shape index (κ3) is 3.39. The smallest absolute Gasteiger partial charge is 0.226 e. The van der Waals surface area contributed by atoms with E-state index in [0.717, 1.165) is 24.8 Å². The van der Waals surface area contributed by atoms with Crippen molar-refractivity contribution in [2.45, 2.75) is 31.4 Å². The minimum Gasteiger partial charge on any atom is -0.396 e. The second kappa shape index (κ2) is 7.07. The second-order valence-corrected chi connectivity index (χ2v) is 6.13. The van der Waals surface area contributed by atoms with Gasteiger partial charge < -0.3 is 15.2 Å². The molecule has 1 amide bonds. The summed E-state index contributed by atoms with van der Waals surface area (Å²) < 4.78 is 5.89. The molecule has 1 aromatic rings. The lowest BCUT2D eigenvalue weighted by atomic mass is 9.88. The molecule has 22 heavy (non-hydrogen) atoms. The molecule has 4 nitrogen and oxygen atoms in total. The van der Waals surface area contributed by atoms with Crippen LogP contribution in [0.5, 0.6) is 0 Å². The van der Waals surface area contributed by atoms with E-state index in [1.165, 1.54) is 0 Å². The molecule has 4 atom stereocenters. The molecule has 1 heterocycles. The number of carbonyl (C=O) groups is 1. The maximum absolute atomic E-state index is 12.6. The molecule has 4 heteroatoms. The van der Waals surface area contributed by atoms with E-state index in [0.29, 0.717) is 6.61 Å². The molecular weight excluding hydrogens is 278 g/mol. The Morgan fingerprint density at radius 1 is 1.27 bits per heavy atom. The van der Waals surface area contributed by atoms with Gasteiger partial charge in [0.25, 0.3) is 0 Å². The molecule has 0 aromatic heterocycles. The van der Waals surface area contributed by atoms with Crippen molar-refractivity contribution in [3.63, 3.8) is 0 Å². The van der Waals surface area contributed by atoms with Gasteiger partial charge in [-0.05, 0) is 24.8 Å². The van der Waals surface area contributed by atoms with Gasteiger partial charge in [-0.3, -0.25) is 4.79 Å². The summed E-state index contributed by atoms with van der Waals surface area (Å²) in [6.07, 6.45) is 6.36. The van der Waals surface area contributed by atoms with Gasteiger partial charge in [-0.1, -0.05) is 42.5 Å². The van der Waals surface area contributed by atoms with Crippen molar-refractivity contribution in [1.29, 1.82) is 0 Å². The number of aliphatic hydroxyl groups excluding tert-OH is 1. The van der Waals surface area contributed by atoms with Crippen LogP contribution in [0, 0.1) is 11.8 Å². The highest BCUT2D eigenvalue weighted by Gasteiger charge is 2.34. The number of hydrogen-bond acceptors (Lipinski definition) is 3. The van der Waals surface area contributed by atoms with Gasteiger partial charge in [-0.25, -0.2) is 0 Å². The van der Waals surface area contributed by atoms with E-state index < -0.39 is 0 Å². The van der Waals surface area contributed by atoms with E-state index in [1.807, 2.05) is 42.5 Å². The number of nitrogens with one attached hydrogen (secondary N) is 1. The average molecular weight is 301 g/mol. The summed E-state index contributed by atoms with van der Waals surface area (Å²) in [6.45, 7) is 0.849. The van der Waals surface area contributed by atoms with Gasteiger partial charge in [0.05, 0.1) is 12.0 Å². The first-order chi connectivity index (χ1) is 10.8. The third-order valence-electron chi connectivity index (χ3n) is 4.52. The van der Waals surface area contributed by atoms with E-state index in [-0.39, 0.29) is 36.5 Å². The molecule has 1 aliphatic carbocycles. The SMILES string of the molecule is O=C(N[C@@H]1C=C[C@H](CO)C1)C1CCCOC1c1ccccc1. The molecular formula is C18H23NO3. The Hall–Kier alpha value is -1.65. The van der Waals surface area contributed by atoms with E-state index in [9.17, 15) is 9.90 Å². The normalized spacial score (nSPS) is 31.1. The zero-order chi connectivity index (χ0) is 15.4. The van der Waals surface area contributed by atoms with E-state index >= 15 is 0 Å². The molecule has 0 radical (unpaired) electrons. The van der Waals surface area contributed by atoms with Crippen molar-refractivity contribution in [3.05, 3.63) is 48.0 Å². The molecule has 2 unspecified atom stereocenters. The first kappa shape index (κ1) is 15.3. The molecule has 2 N–H and O–H groups in total. The average Bonchev–Trinajstić information content (AvgIpc) is 3.03. The van der Waals surface area contributed by atoms with Crippen LogP contribution in [-0.4, -0.2) is 30.3 Å². The fourth-order valence-electron chi connectivity index (χ4n) is 3.33. The first-order valence-corrected chi connectivity index (χ1v) is 8.04. The van der Waals surface area contributed by atoms with Crippen LogP contribution in [0.4, 0.5) is 0 Å². The summed E-state index contributed by atoms with van der Waals surface area (Å²) in [7, 11) is 0. The summed E-state index contributed by atoms with van der Waals surface area (Å²) in [6, 6.07) is 10.0. The number of hydrogen-bond donors (Lipinski definition) is 2. The Balaban J connectivity index is 1.66. The van der Waals surface area contributed by atoms with Crippen molar-refractivity contribution in [2.75, 3.05) is 13.2 Å². The van der Waals surface area contributed by atoms with Crippen LogP contribution in [0.1, 0.15) is 30.9 Å². The highest BCUT2D eigenvalue weighted by Crippen LogP contribution is 2.34. The number of rotatable bonds is 4. The molecule has 0 spiro atoms. The monoisotopic (exact) mass is 301 g/mol. The zero-order valence-corrected chi connectivity index (χ0v) is 12.7. The lowest BCUT2D eigenvalue weighted by Gasteiger charge is -2.32. The predicted molar refractivity (Wildman–Crippen MR) is 84.1 cm³/mol. The van der Waals surface area contributed by atoms with Crippen molar-refractivity contribution >= 4 is 5.91 Å². The fourth-order valence-corrected chi connectivity index (χ4v) is 3.33. The standard InChI is InChI=1S/C18H23NO3/c20-12-13-8-9-15(11-13)19-18(21)16-7-4-10-22-17(16)14-5-2-1-3-6-14/h1-3,5-6,8-9,13,15-17,20H,4,7,10-12H2,(H,19,21)/t13-,15+,16?,17?/m0/s1. The summed E-state index contributed by atoms with van der Waals surface area (Å²) >= 11 is 0. The van der Waals surface area contributed by atoms with Crippen LogP contribution < -0.4 is 5.32 Å². The van der Waals surface area contributed by atoms with Crippen LogP contribution >= 0.6 is 0 Å². The topological polar surface area (TPSA) is 58.6 Å². The van der Waals surface area contributed by atoms with Crippen LogP contribution in [0.2, 0.25) is 0 Å². The Bertz CT molecular complexity index is 528. The number of aliphatic hydroxyl groups is 1. The molecule has 3 rings (SSSR count). The van der Waals surface area contributed by atoms with Gasteiger partial charge in [0, 0.05) is 25.2 Å². The Labute approximate surface area is 131 Å². The molecule has 0 saturated carbocycles. The Morgan fingerprint density at radius 2 is 2.09 bits per heavy atom. The van der Waals surface area contributed by atoms with E-state index in [1.54, 1.807) is 0 Å². The highest BCUT2D eigenvalue weighted by atomic mass is 16.5. The third-order valence-corrected chi connectivity index (χ3v) is 4.52. The van der Waals surface area contributed by atoms with Gasteiger partial charge in [-0.15, -0.1) is 0 Å². The van der Waals surface area contributed by atoms with Gasteiger partial charge in [0.15, 0.2) is 0 Å². The first-order valence-electron chi connectivity index (χ1n) is 8.04. The van der Waals surface area contributed by atoms with Crippen LogP contribution in [0.3, 0.4) is 0 Å². The predicted octanol–water partition coefficient (Wildman–Crippen LogP) is 2.21. The minimum absolute atomic E-state index is 0.0306. The largest absolute Gasteiger partial charge is 0.396 e. The van der Waals surface area contributed by atoms with Crippen molar-refractivity contribution in [2.24, 2.45) is 11.8 Å². The Kier molecular flexibility index (Phi) is 4.90. The minimum atomic E-state index is -0.158. The summed E-state index contributed by atoms with van der Waals surface area (Å²) in [5.74, 6) is 0.0809. The number of ether oxygens (including phenoxy) is 1. The zero-order valence-electron chi connectivity index (χ0n) is 12.7. The maximum atomic E-state index is 12.6. The van der Waals surface area contributed by atoms with Crippen molar-refractivity contribution < 1.29 is 14.6 Å². The van der Waals surface area contributed by atoms with Crippen LogP contribution in [0.15, 0.2) is 42.5 Å². The molecule has 1 aromatic carbocycles. The molecule has 1 aliphatic heterocycles. The van der Waals surface area contributed by atoms with E-state index in [4.69, 9.17) is 4.74 Å².